The van der Waals surface area contributed by atoms with Crippen molar-refractivity contribution < 1.29 is 14.3 Å². The zero-order valence-corrected chi connectivity index (χ0v) is 9.03. The van der Waals surface area contributed by atoms with Crippen molar-refractivity contribution in [2.24, 2.45) is 5.73 Å². The van der Waals surface area contributed by atoms with Crippen molar-refractivity contribution in [2.45, 2.75) is 6.92 Å². The number of rotatable bonds is 1. The fourth-order valence-electron chi connectivity index (χ4n) is 1.16. The molecule has 0 unspecified atom stereocenters. The quantitative estimate of drug-likeness (QED) is 0.553. The fraction of sp³-hybridized carbons (Fsp3) is 0.167. The molecule has 0 saturated carbocycles. The highest BCUT2D eigenvalue weighted by Crippen LogP contribution is 2.11. The minimum atomic E-state index is -0.708. The molecule has 4 nitrogen and oxygen atoms in total. The molecule has 0 aliphatic heterocycles. The summed E-state index contributed by atoms with van der Waals surface area (Å²) in [6.45, 7) is 1.79. The number of primary amides is 1. The molecule has 0 spiro atoms. The number of carbonyl (C=O) groups is 2. The van der Waals surface area contributed by atoms with Gasteiger partial charge >= 0.3 is 5.97 Å². The number of ether oxygens (including phenoxy) is 1. The van der Waals surface area contributed by atoms with Gasteiger partial charge in [-0.05, 0) is 30.5 Å². The van der Waals surface area contributed by atoms with Crippen LogP contribution in [0.5, 0.6) is 0 Å². The number of carbonyl (C=O) groups excluding carboxylic acids is 2. The van der Waals surface area contributed by atoms with Crippen molar-refractivity contribution >= 4 is 11.9 Å². The van der Waals surface area contributed by atoms with E-state index in [2.05, 4.69) is 16.6 Å². The number of nitrogens with two attached hydrogens (primary N) is 1. The lowest BCUT2D eigenvalue weighted by Gasteiger charge is -2.03. The second-order valence-corrected chi connectivity index (χ2v) is 3.14. The van der Waals surface area contributed by atoms with E-state index in [0.717, 1.165) is 5.56 Å². The van der Waals surface area contributed by atoms with Gasteiger partial charge in [-0.3, -0.25) is 4.79 Å². The minimum Gasteiger partial charge on any atom is -0.465 e. The van der Waals surface area contributed by atoms with Crippen LogP contribution < -0.4 is 5.73 Å². The third-order valence-corrected chi connectivity index (χ3v) is 1.97. The Morgan fingerprint density at radius 2 is 2.06 bits per heavy atom. The maximum Gasteiger partial charge on any atom is 0.338 e. The molecule has 82 valence electrons. The van der Waals surface area contributed by atoms with E-state index in [-0.39, 0.29) is 0 Å². The molecule has 0 heterocycles. The minimum absolute atomic E-state index is 0.429. The van der Waals surface area contributed by atoms with E-state index in [1.165, 1.54) is 7.11 Å². The maximum atomic E-state index is 11.4. The smallest absolute Gasteiger partial charge is 0.338 e. The van der Waals surface area contributed by atoms with Gasteiger partial charge in [-0.1, -0.05) is 12.0 Å². The number of hydrogen-bond donors (Lipinski definition) is 1. The van der Waals surface area contributed by atoms with Crippen molar-refractivity contribution in [3.8, 4) is 11.8 Å². The number of esters is 1. The van der Waals surface area contributed by atoms with Crippen LogP contribution in [0.3, 0.4) is 0 Å². The highest BCUT2D eigenvalue weighted by molar-refractivity contribution is 5.93. The van der Waals surface area contributed by atoms with E-state index in [9.17, 15) is 9.59 Å². The SMILES string of the molecule is COC(=O)c1cc(C#CC(N)=O)ccc1C. The van der Waals surface area contributed by atoms with Crippen molar-refractivity contribution in [2.75, 3.05) is 7.11 Å². The average molecular weight is 217 g/mol. The number of hydrogen-bond acceptors (Lipinski definition) is 3. The summed E-state index contributed by atoms with van der Waals surface area (Å²) in [5.41, 5.74) is 6.65. The van der Waals surface area contributed by atoms with E-state index in [4.69, 9.17) is 5.73 Å². The van der Waals surface area contributed by atoms with E-state index >= 15 is 0 Å². The molecule has 1 rings (SSSR count). The lowest BCUT2D eigenvalue weighted by Crippen LogP contribution is -2.06. The molecule has 0 atom stereocenters. The first-order valence-electron chi connectivity index (χ1n) is 4.55. The summed E-state index contributed by atoms with van der Waals surface area (Å²) in [7, 11) is 1.31. The van der Waals surface area contributed by atoms with E-state index in [1.807, 2.05) is 0 Å². The summed E-state index contributed by atoms with van der Waals surface area (Å²) in [6, 6.07) is 5.01. The normalized spacial score (nSPS) is 8.88. The van der Waals surface area contributed by atoms with Gasteiger partial charge in [0, 0.05) is 5.56 Å². The van der Waals surface area contributed by atoms with Crippen molar-refractivity contribution in [3.63, 3.8) is 0 Å². The maximum absolute atomic E-state index is 11.4. The molecule has 0 aliphatic carbocycles. The number of methoxy groups -OCH3 is 1. The Bertz CT molecular complexity index is 495. The molecule has 1 amide bonds. The predicted molar refractivity (Wildman–Crippen MR) is 58.6 cm³/mol. The predicted octanol–water partition coefficient (Wildman–Crippen LogP) is 0.618. The summed E-state index contributed by atoms with van der Waals surface area (Å²) in [4.78, 5) is 21.8. The van der Waals surface area contributed by atoms with Crippen LogP contribution in [-0.4, -0.2) is 19.0 Å². The fourth-order valence-corrected chi connectivity index (χ4v) is 1.16. The standard InChI is InChI=1S/C12H11NO3/c1-8-3-4-9(5-6-11(13)14)7-10(8)12(15)16-2/h3-4,7H,1-2H3,(H2,13,14). The Balaban J connectivity index is 3.14. The topological polar surface area (TPSA) is 69.4 Å². The van der Waals surface area contributed by atoms with Gasteiger partial charge in [0.2, 0.25) is 0 Å². The Kier molecular flexibility index (Phi) is 3.67. The van der Waals surface area contributed by atoms with Crippen LogP contribution in [0.4, 0.5) is 0 Å². The highest BCUT2D eigenvalue weighted by Gasteiger charge is 2.08. The molecule has 0 bridgehead atoms. The third kappa shape index (κ3) is 2.85. The summed E-state index contributed by atoms with van der Waals surface area (Å²) >= 11 is 0. The lowest BCUT2D eigenvalue weighted by molar-refractivity contribution is -0.112. The highest BCUT2D eigenvalue weighted by atomic mass is 16.5. The Labute approximate surface area is 93.4 Å². The van der Waals surface area contributed by atoms with E-state index in [1.54, 1.807) is 25.1 Å². The largest absolute Gasteiger partial charge is 0.465 e. The van der Waals surface area contributed by atoms with Crippen LogP contribution in [0.25, 0.3) is 0 Å². The molecule has 0 fully saturated rings. The van der Waals surface area contributed by atoms with Crippen molar-refractivity contribution in [3.05, 3.63) is 34.9 Å². The third-order valence-electron chi connectivity index (χ3n) is 1.97. The molecular formula is C12H11NO3. The first kappa shape index (κ1) is 11.8. The molecule has 4 heteroatoms. The zero-order chi connectivity index (χ0) is 12.1. The van der Waals surface area contributed by atoms with Gasteiger partial charge in [-0.25, -0.2) is 4.79 Å². The zero-order valence-electron chi connectivity index (χ0n) is 9.03. The lowest BCUT2D eigenvalue weighted by atomic mass is 10.1. The molecule has 16 heavy (non-hydrogen) atoms. The van der Waals surface area contributed by atoms with Crippen molar-refractivity contribution in [1.29, 1.82) is 0 Å². The van der Waals surface area contributed by atoms with Gasteiger partial charge in [0.05, 0.1) is 12.7 Å². The Hall–Kier alpha value is -2.28. The van der Waals surface area contributed by atoms with Gasteiger partial charge in [0.25, 0.3) is 5.91 Å². The second kappa shape index (κ2) is 4.99. The molecule has 1 aromatic carbocycles. The molecule has 0 saturated heterocycles. The Morgan fingerprint density at radius 1 is 1.38 bits per heavy atom. The molecule has 0 aliphatic rings. The van der Waals surface area contributed by atoms with Gasteiger partial charge in [-0.15, -0.1) is 0 Å². The molecule has 0 radical (unpaired) electrons. The van der Waals surface area contributed by atoms with Crippen molar-refractivity contribution in [1.82, 2.24) is 0 Å². The molecule has 2 N–H and O–H groups in total. The summed E-state index contributed by atoms with van der Waals surface area (Å²) in [5.74, 6) is 3.62. The van der Waals surface area contributed by atoms with Crippen LogP contribution in [0.15, 0.2) is 18.2 Å². The monoisotopic (exact) mass is 217 g/mol. The summed E-state index contributed by atoms with van der Waals surface area (Å²) in [6.07, 6.45) is 0. The summed E-state index contributed by atoms with van der Waals surface area (Å²) < 4.78 is 4.62. The number of amides is 1. The van der Waals surface area contributed by atoms with Gasteiger partial charge in [0.1, 0.15) is 0 Å². The first-order valence-corrected chi connectivity index (χ1v) is 4.55. The second-order valence-electron chi connectivity index (χ2n) is 3.14. The number of benzene rings is 1. The van der Waals surface area contributed by atoms with E-state index in [0.29, 0.717) is 11.1 Å². The average Bonchev–Trinajstić information content (AvgIpc) is 2.27. The van der Waals surface area contributed by atoms with Gasteiger partial charge in [0.15, 0.2) is 0 Å². The summed E-state index contributed by atoms with van der Waals surface area (Å²) in [5, 5.41) is 0. The Morgan fingerprint density at radius 3 is 2.62 bits per heavy atom. The molecular weight excluding hydrogens is 206 g/mol. The van der Waals surface area contributed by atoms with Gasteiger partial charge in [-0.2, -0.15) is 0 Å². The van der Waals surface area contributed by atoms with Gasteiger partial charge < -0.3 is 10.5 Å². The number of aryl methyl sites for hydroxylation is 1. The van der Waals surface area contributed by atoms with Crippen LogP contribution in [-0.2, 0) is 9.53 Å². The van der Waals surface area contributed by atoms with Crippen LogP contribution in [0, 0.1) is 18.8 Å². The van der Waals surface area contributed by atoms with Crippen LogP contribution in [0.2, 0.25) is 0 Å². The molecule has 1 aromatic rings. The molecule has 0 aromatic heterocycles. The first-order chi connectivity index (χ1) is 7.54. The van der Waals surface area contributed by atoms with Crippen LogP contribution in [0.1, 0.15) is 21.5 Å². The van der Waals surface area contributed by atoms with E-state index < -0.39 is 11.9 Å². The van der Waals surface area contributed by atoms with Crippen LogP contribution >= 0.6 is 0 Å².